The topological polar surface area (TPSA) is 72.8 Å². The Morgan fingerprint density at radius 2 is 1.67 bits per heavy atom. The van der Waals surface area contributed by atoms with Crippen molar-refractivity contribution >= 4 is 28.1 Å². The van der Waals surface area contributed by atoms with Gasteiger partial charge in [0.15, 0.2) is 5.78 Å². The Bertz CT molecular complexity index is 864. The number of allylic oxidation sites excluding steroid dienone is 1. The second-order valence-corrected chi connectivity index (χ2v) is 6.57. The first-order valence-electron chi connectivity index (χ1n) is 7.14. The highest BCUT2D eigenvalue weighted by molar-refractivity contribution is 7.90. The number of carbonyl (C=O) groups excluding carboxylic acids is 1. The highest BCUT2D eigenvalue weighted by Gasteiger charge is 2.10. The zero-order valence-electron chi connectivity index (χ0n) is 13.3. The molecule has 0 radical (unpaired) electrons. The average molecular weight is 343 g/mol. The smallest absolute Gasteiger partial charge is 0.282 e. The SMILES string of the molecule is COc1ccc(S(=O)(=O)N=CC=Cc2ccc(C(C)=O)cc2)cc1. The number of rotatable bonds is 6. The molecule has 24 heavy (non-hydrogen) atoms. The quantitative estimate of drug-likeness (QED) is 0.595. The molecule has 0 atom stereocenters. The van der Waals surface area contributed by atoms with E-state index in [1.807, 2.05) is 0 Å². The monoisotopic (exact) mass is 343 g/mol. The Kier molecular flexibility index (Phi) is 5.65. The number of ketones is 1. The molecular formula is C18H17NO4S. The van der Waals surface area contributed by atoms with Crippen LogP contribution < -0.4 is 4.74 Å². The van der Waals surface area contributed by atoms with Crippen molar-refractivity contribution in [2.24, 2.45) is 4.40 Å². The van der Waals surface area contributed by atoms with Crippen LogP contribution in [-0.2, 0) is 10.0 Å². The van der Waals surface area contributed by atoms with Crippen LogP contribution in [0.3, 0.4) is 0 Å². The molecule has 0 aromatic heterocycles. The molecule has 0 saturated heterocycles. The molecule has 0 unspecified atom stereocenters. The molecule has 0 saturated carbocycles. The molecule has 5 nitrogen and oxygen atoms in total. The number of ether oxygens (including phenoxy) is 1. The molecule has 2 rings (SSSR count). The first kappa shape index (κ1) is 17.6. The third kappa shape index (κ3) is 4.63. The number of Topliss-reactive ketones (excluding diaryl/α,β-unsaturated/α-hetero) is 1. The van der Waals surface area contributed by atoms with Gasteiger partial charge in [0, 0.05) is 11.8 Å². The van der Waals surface area contributed by atoms with E-state index in [0.29, 0.717) is 11.3 Å². The molecule has 6 heteroatoms. The minimum Gasteiger partial charge on any atom is -0.497 e. The third-order valence-electron chi connectivity index (χ3n) is 3.25. The van der Waals surface area contributed by atoms with E-state index >= 15 is 0 Å². The van der Waals surface area contributed by atoms with Crippen LogP contribution in [0.15, 0.2) is 63.9 Å². The molecule has 124 valence electrons. The number of nitrogens with zero attached hydrogens (tertiary/aromatic N) is 1. The van der Waals surface area contributed by atoms with Crippen molar-refractivity contribution < 1.29 is 17.9 Å². The van der Waals surface area contributed by atoms with E-state index in [1.165, 1.54) is 38.5 Å². The van der Waals surface area contributed by atoms with Crippen LogP contribution in [0.5, 0.6) is 5.75 Å². The van der Waals surface area contributed by atoms with Gasteiger partial charge in [-0.3, -0.25) is 4.79 Å². The predicted octanol–water partition coefficient (Wildman–Crippen LogP) is 3.37. The first-order chi connectivity index (χ1) is 11.4. The molecule has 2 aromatic carbocycles. The molecule has 0 spiro atoms. The Morgan fingerprint density at radius 1 is 1.04 bits per heavy atom. The Hall–Kier alpha value is -2.73. The van der Waals surface area contributed by atoms with Gasteiger partial charge in [0.25, 0.3) is 10.0 Å². The highest BCUT2D eigenvalue weighted by atomic mass is 32.2. The molecule has 0 N–H and O–H groups in total. The fraction of sp³-hybridized carbons (Fsp3) is 0.111. The van der Waals surface area contributed by atoms with E-state index in [1.54, 1.807) is 42.5 Å². The minimum absolute atomic E-state index is 0.00215. The minimum atomic E-state index is -3.74. The molecule has 2 aromatic rings. The summed E-state index contributed by atoms with van der Waals surface area (Å²) in [5.74, 6) is 0.574. The van der Waals surface area contributed by atoms with Crippen LogP contribution in [0.4, 0.5) is 0 Å². The summed E-state index contributed by atoms with van der Waals surface area (Å²) in [6.45, 7) is 1.50. The summed E-state index contributed by atoms with van der Waals surface area (Å²) in [6, 6.07) is 13.0. The van der Waals surface area contributed by atoms with E-state index in [9.17, 15) is 13.2 Å². The van der Waals surface area contributed by atoms with Gasteiger partial charge < -0.3 is 4.74 Å². The van der Waals surface area contributed by atoms with Crippen LogP contribution in [0.2, 0.25) is 0 Å². The Morgan fingerprint density at radius 3 is 2.21 bits per heavy atom. The number of hydrogen-bond acceptors (Lipinski definition) is 4. The second-order valence-electron chi connectivity index (χ2n) is 4.94. The molecular weight excluding hydrogens is 326 g/mol. The van der Waals surface area contributed by atoms with Crippen LogP contribution in [0.1, 0.15) is 22.8 Å². The molecule has 0 aliphatic carbocycles. The van der Waals surface area contributed by atoms with Gasteiger partial charge in [0.05, 0.1) is 12.0 Å². The number of sulfonamides is 1. The van der Waals surface area contributed by atoms with Crippen molar-refractivity contribution in [1.29, 1.82) is 0 Å². The summed E-state index contributed by atoms with van der Waals surface area (Å²) in [7, 11) is -2.23. The fourth-order valence-corrected chi connectivity index (χ4v) is 2.74. The standard InChI is InChI=1S/C18H17NO4S/c1-14(20)16-7-5-15(6-8-16)4-3-13-19-24(21,22)18-11-9-17(23-2)10-12-18/h3-13H,1-2H3. The van der Waals surface area contributed by atoms with Crippen LogP contribution in [0.25, 0.3) is 6.08 Å². The number of hydrogen-bond donors (Lipinski definition) is 0. The molecule has 0 bridgehead atoms. The van der Waals surface area contributed by atoms with Gasteiger partial charge in [-0.05, 0) is 42.8 Å². The van der Waals surface area contributed by atoms with Crippen molar-refractivity contribution in [1.82, 2.24) is 0 Å². The molecule has 0 aliphatic rings. The van der Waals surface area contributed by atoms with Gasteiger partial charge in [-0.15, -0.1) is 0 Å². The third-order valence-corrected chi connectivity index (χ3v) is 4.52. The van der Waals surface area contributed by atoms with Crippen LogP contribution in [-0.4, -0.2) is 27.5 Å². The van der Waals surface area contributed by atoms with E-state index in [4.69, 9.17) is 4.74 Å². The maximum absolute atomic E-state index is 12.1. The normalized spacial score (nSPS) is 11.9. The number of benzene rings is 2. The largest absolute Gasteiger partial charge is 0.497 e. The van der Waals surface area contributed by atoms with Crippen molar-refractivity contribution in [3.63, 3.8) is 0 Å². The summed E-state index contributed by atoms with van der Waals surface area (Å²) < 4.78 is 32.7. The van der Waals surface area contributed by atoms with E-state index in [-0.39, 0.29) is 10.7 Å². The average Bonchev–Trinajstić information content (AvgIpc) is 2.59. The molecule has 0 heterocycles. The maximum Gasteiger partial charge on any atom is 0.282 e. The van der Waals surface area contributed by atoms with E-state index in [0.717, 1.165) is 5.56 Å². The van der Waals surface area contributed by atoms with Crippen molar-refractivity contribution in [3.05, 3.63) is 65.7 Å². The second kappa shape index (κ2) is 7.70. The summed E-state index contributed by atoms with van der Waals surface area (Å²) >= 11 is 0. The van der Waals surface area contributed by atoms with Gasteiger partial charge in [0.2, 0.25) is 0 Å². The highest BCUT2D eigenvalue weighted by Crippen LogP contribution is 2.17. The maximum atomic E-state index is 12.1. The zero-order chi connectivity index (χ0) is 17.6. The van der Waals surface area contributed by atoms with Gasteiger partial charge in [-0.25, -0.2) is 0 Å². The van der Waals surface area contributed by atoms with Crippen LogP contribution >= 0.6 is 0 Å². The first-order valence-corrected chi connectivity index (χ1v) is 8.58. The van der Waals surface area contributed by atoms with Crippen molar-refractivity contribution in [2.45, 2.75) is 11.8 Å². The van der Waals surface area contributed by atoms with Crippen molar-refractivity contribution in [3.8, 4) is 5.75 Å². The predicted molar refractivity (Wildman–Crippen MR) is 94.2 cm³/mol. The summed E-state index contributed by atoms with van der Waals surface area (Å²) in [4.78, 5) is 11.3. The lowest BCUT2D eigenvalue weighted by atomic mass is 10.1. The fourth-order valence-electron chi connectivity index (χ4n) is 1.91. The summed E-state index contributed by atoms with van der Waals surface area (Å²) in [6.07, 6.45) is 4.46. The number of carbonyl (C=O) groups is 1. The Balaban J connectivity index is 2.07. The zero-order valence-corrected chi connectivity index (χ0v) is 14.2. The number of methoxy groups -OCH3 is 1. The molecule has 0 aliphatic heterocycles. The lowest BCUT2D eigenvalue weighted by Gasteiger charge is -2.00. The van der Waals surface area contributed by atoms with Crippen molar-refractivity contribution in [2.75, 3.05) is 7.11 Å². The lowest BCUT2D eigenvalue weighted by Crippen LogP contribution is -1.96. The lowest BCUT2D eigenvalue weighted by molar-refractivity contribution is 0.101. The van der Waals surface area contributed by atoms with Gasteiger partial charge in [-0.2, -0.15) is 12.8 Å². The summed E-state index contributed by atoms with van der Waals surface area (Å²) in [5.41, 5.74) is 1.47. The van der Waals surface area contributed by atoms with Crippen LogP contribution in [0, 0.1) is 0 Å². The van der Waals surface area contributed by atoms with Gasteiger partial charge in [0.1, 0.15) is 5.75 Å². The molecule has 0 amide bonds. The molecule has 0 fully saturated rings. The van der Waals surface area contributed by atoms with E-state index < -0.39 is 10.0 Å². The Labute approximate surface area is 141 Å². The van der Waals surface area contributed by atoms with Gasteiger partial charge in [-0.1, -0.05) is 30.3 Å². The van der Waals surface area contributed by atoms with Gasteiger partial charge >= 0.3 is 0 Å². The summed E-state index contributed by atoms with van der Waals surface area (Å²) in [5, 5.41) is 0. The van der Waals surface area contributed by atoms with E-state index in [2.05, 4.69) is 4.40 Å².